The number of furan rings is 1. The first-order valence-corrected chi connectivity index (χ1v) is 8.03. The molecule has 1 amide bonds. The lowest BCUT2D eigenvalue weighted by molar-refractivity contribution is -0.148. The predicted octanol–water partition coefficient (Wildman–Crippen LogP) is 2.89. The highest BCUT2D eigenvalue weighted by Gasteiger charge is 2.18. The number of carbonyl (C=O) groups is 2. The summed E-state index contributed by atoms with van der Waals surface area (Å²) in [4.78, 5) is 23.7. The summed E-state index contributed by atoms with van der Waals surface area (Å²) >= 11 is 0. The highest BCUT2D eigenvalue weighted by Crippen LogP contribution is 2.23. The lowest BCUT2D eigenvalue weighted by Crippen LogP contribution is -2.36. The molecule has 1 aromatic heterocycles. The summed E-state index contributed by atoms with van der Waals surface area (Å²) in [6.07, 6.45) is 6.01. The summed E-state index contributed by atoms with van der Waals surface area (Å²) in [5, 5.41) is 3.80. The third kappa shape index (κ3) is 3.92. The van der Waals surface area contributed by atoms with E-state index in [1.165, 1.54) is 0 Å². The molecule has 1 N–H and O–H groups in total. The van der Waals surface area contributed by atoms with Crippen LogP contribution in [-0.2, 0) is 20.7 Å². The van der Waals surface area contributed by atoms with Crippen molar-refractivity contribution in [1.29, 1.82) is 0 Å². The van der Waals surface area contributed by atoms with Gasteiger partial charge in [0.15, 0.2) is 6.61 Å². The predicted molar refractivity (Wildman–Crippen MR) is 86.0 cm³/mol. The van der Waals surface area contributed by atoms with Crippen molar-refractivity contribution >= 4 is 22.8 Å². The second-order valence-corrected chi connectivity index (χ2v) is 6.15. The Morgan fingerprint density at radius 1 is 1.30 bits per heavy atom. The summed E-state index contributed by atoms with van der Waals surface area (Å²) in [6, 6.07) is 6.08. The van der Waals surface area contributed by atoms with E-state index in [4.69, 9.17) is 9.15 Å². The number of nitrogens with one attached hydrogen (secondary N) is 1. The maximum absolute atomic E-state index is 11.9. The first-order chi connectivity index (χ1) is 11.1. The van der Waals surface area contributed by atoms with Crippen LogP contribution in [0.3, 0.4) is 0 Å². The van der Waals surface area contributed by atoms with Crippen LogP contribution in [0.15, 0.2) is 28.9 Å². The van der Waals surface area contributed by atoms with Crippen LogP contribution in [0, 0.1) is 6.92 Å². The lowest BCUT2D eigenvalue weighted by atomic mass is 10.1. The average molecular weight is 315 g/mol. The van der Waals surface area contributed by atoms with E-state index < -0.39 is 5.97 Å². The molecule has 1 fully saturated rings. The van der Waals surface area contributed by atoms with Crippen LogP contribution in [0.25, 0.3) is 11.0 Å². The number of carbonyl (C=O) groups excluding carboxylic acids is 2. The van der Waals surface area contributed by atoms with Crippen molar-refractivity contribution in [3.63, 3.8) is 0 Å². The van der Waals surface area contributed by atoms with Crippen molar-refractivity contribution in [2.24, 2.45) is 0 Å². The van der Waals surface area contributed by atoms with E-state index in [1.54, 1.807) is 6.26 Å². The van der Waals surface area contributed by atoms with Crippen LogP contribution in [-0.4, -0.2) is 24.5 Å². The molecule has 0 unspecified atom stereocenters. The van der Waals surface area contributed by atoms with Gasteiger partial charge in [-0.25, -0.2) is 0 Å². The van der Waals surface area contributed by atoms with E-state index in [9.17, 15) is 9.59 Å². The van der Waals surface area contributed by atoms with E-state index in [2.05, 4.69) is 5.32 Å². The van der Waals surface area contributed by atoms with Crippen molar-refractivity contribution in [1.82, 2.24) is 5.32 Å². The molecule has 1 aromatic carbocycles. The quantitative estimate of drug-likeness (QED) is 0.861. The summed E-state index contributed by atoms with van der Waals surface area (Å²) in [7, 11) is 0. The Bertz CT molecular complexity index is 713. The zero-order valence-electron chi connectivity index (χ0n) is 13.3. The summed E-state index contributed by atoms with van der Waals surface area (Å²) in [5.41, 5.74) is 2.64. The Labute approximate surface area is 135 Å². The number of ether oxygens (including phenoxy) is 1. The van der Waals surface area contributed by atoms with E-state index in [1.807, 2.05) is 25.1 Å². The Kier molecular flexibility index (Phi) is 4.65. The fraction of sp³-hybridized carbons (Fsp3) is 0.444. The molecule has 0 spiro atoms. The van der Waals surface area contributed by atoms with Crippen molar-refractivity contribution in [2.45, 2.75) is 45.1 Å². The largest absolute Gasteiger partial charge is 0.464 e. The van der Waals surface area contributed by atoms with Gasteiger partial charge in [-0.1, -0.05) is 25.0 Å². The standard InChI is InChI=1S/C18H21NO4/c1-12-6-7-15-13(10-22-16(15)8-12)9-18(21)23-11-17(20)19-14-4-2-3-5-14/h6-8,10,14H,2-5,9,11H2,1H3,(H,19,20). The van der Waals surface area contributed by atoms with Gasteiger partial charge in [-0.3, -0.25) is 9.59 Å². The van der Waals surface area contributed by atoms with Crippen LogP contribution in [0.5, 0.6) is 0 Å². The van der Waals surface area contributed by atoms with Gasteiger partial charge in [-0.2, -0.15) is 0 Å². The Balaban J connectivity index is 1.51. The first-order valence-electron chi connectivity index (χ1n) is 8.03. The minimum absolute atomic E-state index is 0.104. The molecule has 23 heavy (non-hydrogen) atoms. The average Bonchev–Trinajstić information content (AvgIpc) is 3.15. The number of fused-ring (bicyclic) bond motifs is 1. The highest BCUT2D eigenvalue weighted by atomic mass is 16.5. The van der Waals surface area contributed by atoms with E-state index >= 15 is 0 Å². The lowest BCUT2D eigenvalue weighted by Gasteiger charge is -2.11. The van der Waals surface area contributed by atoms with E-state index in [0.29, 0.717) is 0 Å². The normalized spacial score (nSPS) is 15.0. The molecular formula is C18H21NO4. The second kappa shape index (κ2) is 6.86. The molecule has 0 radical (unpaired) electrons. The molecule has 0 saturated heterocycles. The van der Waals surface area contributed by atoms with Crippen LogP contribution >= 0.6 is 0 Å². The Hall–Kier alpha value is -2.30. The summed E-state index contributed by atoms with van der Waals surface area (Å²) in [6.45, 7) is 1.77. The smallest absolute Gasteiger partial charge is 0.310 e. The third-order valence-electron chi connectivity index (χ3n) is 4.23. The van der Waals surface area contributed by atoms with Crippen molar-refractivity contribution in [3.8, 4) is 0 Å². The van der Waals surface area contributed by atoms with Gasteiger partial charge in [0.2, 0.25) is 0 Å². The molecule has 122 valence electrons. The fourth-order valence-corrected chi connectivity index (χ4v) is 3.02. The number of esters is 1. The molecule has 0 bridgehead atoms. The van der Waals surface area contributed by atoms with Crippen molar-refractivity contribution in [3.05, 3.63) is 35.6 Å². The molecule has 1 saturated carbocycles. The molecule has 1 heterocycles. The van der Waals surface area contributed by atoms with Crippen LogP contribution in [0.2, 0.25) is 0 Å². The number of benzene rings is 1. The Morgan fingerprint density at radius 3 is 2.87 bits per heavy atom. The van der Waals surface area contributed by atoms with Crippen LogP contribution < -0.4 is 5.32 Å². The van der Waals surface area contributed by atoms with Gasteiger partial charge in [0.05, 0.1) is 12.7 Å². The molecule has 5 nitrogen and oxygen atoms in total. The van der Waals surface area contributed by atoms with Gasteiger partial charge in [-0.15, -0.1) is 0 Å². The van der Waals surface area contributed by atoms with Gasteiger partial charge in [0.25, 0.3) is 5.91 Å². The van der Waals surface area contributed by atoms with E-state index in [0.717, 1.165) is 47.8 Å². The molecular weight excluding hydrogens is 294 g/mol. The van der Waals surface area contributed by atoms with Gasteiger partial charge in [0.1, 0.15) is 5.58 Å². The fourth-order valence-electron chi connectivity index (χ4n) is 3.02. The SMILES string of the molecule is Cc1ccc2c(CC(=O)OCC(=O)NC3CCCC3)coc2c1. The zero-order chi connectivity index (χ0) is 16.2. The van der Waals surface area contributed by atoms with Gasteiger partial charge in [-0.05, 0) is 31.4 Å². The number of hydrogen-bond donors (Lipinski definition) is 1. The van der Waals surface area contributed by atoms with Crippen LogP contribution in [0.1, 0.15) is 36.8 Å². The maximum Gasteiger partial charge on any atom is 0.310 e. The molecule has 0 aliphatic heterocycles. The minimum atomic E-state index is -0.421. The number of rotatable bonds is 5. The third-order valence-corrected chi connectivity index (χ3v) is 4.23. The monoisotopic (exact) mass is 315 g/mol. The maximum atomic E-state index is 11.9. The molecule has 1 aliphatic carbocycles. The van der Waals surface area contributed by atoms with Gasteiger partial charge in [0, 0.05) is 17.0 Å². The number of hydrogen-bond acceptors (Lipinski definition) is 4. The second-order valence-electron chi connectivity index (χ2n) is 6.15. The molecule has 5 heteroatoms. The van der Waals surface area contributed by atoms with Gasteiger partial charge >= 0.3 is 5.97 Å². The zero-order valence-corrected chi connectivity index (χ0v) is 13.3. The van der Waals surface area contributed by atoms with Crippen molar-refractivity contribution < 1.29 is 18.7 Å². The summed E-state index contributed by atoms with van der Waals surface area (Å²) in [5.74, 6) is -0.646. The minimum Gasteiger partial charge on any atom is -0.464 e. The van der Waals surface area contributed by atoms with Crippen LogP contribution in [0.4, 0.5) is 0 Å². The van der Waals surface area contributed by atoms with Crippen molar-refractivity contribution in [2.75, 3.05) is 6.61 Å². The van der Waals surface area contributed by atoms with Gasteiger partial charge < -0.3 is 14.5 Å². The molecule has 2 aromatic rings. The molecule has 3 rings (SSSR count). The summed E-state index contributed by atoms with van der Waals surface area (Å²) < 4.78 is 10.5. The topological polar surface area (TPSA) is 68.5 Å². The van der Waals surface area contributed by atoms with E-state index in [-0.39, 0.29) is 25.0 Å². The number of aryl methyl sites for hydroxylation is 1. The first kappa shape index (κ1) is 15.6. The molecule has 0 atom stereocenters. The molecule has 1 aliphatic rings. The number of amides is 1. The highest BCUT2D eigenvalue weighted by molar-refractivity contribution is 5.87. The Morgan fingerprint density at radius 2 is 2.09 bits per heavy atom.